The van der Waals surface area contributed by atoms with Gasteiger partial charge in [-0.1, -0.05) is 22.0 Å². The van der Waals surface area contributed by atoms with E-state index in [1.54, 1.807) is 25.1 Å². The Morgan fingerprint density at radius 2 is 1.83 bits per heavy atom. The molecule has 0 aromatic heterocycles. The van der Waals surface area contributed by atoms with Crippen molar-refractivity contribution >= 4 is 33.5 Å². The first-order valence-electron chi connectivity index (χ1n) is 6.55. The third-order valence-electron chi connectivity index (χ3n) is 2.96. The molecular weight excluding hydrogens is 372 g/mol. The number of benzene rings is 2. The minimum atomic E-state index is -1.23. The predicted molar refractivity (Wildman–Crippen MR) is 84.1 cm³/mol. The summed E-state index contributed by atoms with van der Waals surface area (Å²) in [6.45, 7) is 1.14. The summed E-state index contributed by atoms with van der Waals surface area (Å²) in [7, 11) is 0. The van der Waals surface area contributed by atoms with Crippen LogP contribution < -0.4 is 5.32 Å². The van der Waals surface area contributed by atoms with E-state index in [4.69, 9.17) is 0 Å². The number of aryl methyl sites for hydroxylation is 1. The molecule has 0 bridgehead atoms. The van der Waals surface area contributed by atoms with Gasteiger partial charge in [0.15, 0.2) is 6.61 Å². The van der Waals surface area contributed by atoms with Crippen LogP contribution in [-0.4, -0.2) is 18.5 Å². The molecule has 4 nitrogen and oxygen atoms in total. The molecule has 0 unspecified atom stereocenters. The lowest BCUT2D eigenvalue weighted by atomic mass is 10.2. The van der Waals surface area contributed by atoms with Gasteiger partial charge in [0.25, 0.3) is 5.91 Å². The normalized spacial score (nSPS) is 10.3. The van der Waals surface area contributed by atoms with Gasteiger partial charge in [0.05, 0.1) is 0 Å². The molecule has 1 amide bonds. The SMILES string of the molecule is Cc1cc(Br)ccc1NC(=O)COC(=O)c1c(F)cccc1F. The van der Waals surface area contributed by atoms with Crippen LogP contribution in [0.25, 0.3) is 0 Å². The van der Waals surface area contributed by atoms with Crippen LogP contribution in [0.2, 0.25) is 0 Å². The molecule has 1 N–H and O–H groups in total. The van der Waals surface area contributed by atoms with Crippen molar-refractivity contribution in [3.8, 4) is 0 Å². The molecule has 0 aliphatic heterocycles. The average Bonchev–Trinajstić information content (AvgIpc) is 2.48. The summed E-state index contributed by atoms with van der Waals surface area (Å²) >= 11 is 3.30. The van der Waals surface area contributed by atoms with Gasteiger partial charge in [-0.05, 0) is 42.8 Å². The summed E-state index contributed by atoms with van der Waals surface area (Å²) < 4.78 is 32.3. The van der Waals surface area contributed by atoms with Gasteiger partial charge in [-0.3, -0.25) is 4.79 Å². The number of carbonyl (C=O) groups is 2. The Morgan fingerprint density at radius 3 is 2.43 bits per heavy atom. The van der Waals surface area contributed by atoms with Gasteiger partial charge < -0.3 is 10.1 Å². The number of rotatable bonds is 4. The first-order chi connectivity index (χ1) is 10.9. The first-order valence-corrected chi connectivity index (χ1v) is 7.35. The molecule has 23 heavy (non-hydrogen) atoms. The van der Waals surface area contributed by atoms with Crippen LogP contribution >= 0.6 is 15.9 Å². The smallest absolute Gasteiger partial charge is 0.344 e. The maximum atomic E-state index is 13.4. The van der Waals surface area contributed by atoms with Gasteiger partial charge in [0.2, 0.25) is 0 Å². The highest BCUT2D eigenvalue weighted by atomic mass is 79.9. The van der Waals surface area contributed by atoms with Gasteiger partial charge in [-0.25, -0.2) is 13.6 Å². The van der Waals surface area contributed by atoms with E-state index in [1.807, 2.05) is 0 Å². The zero-order valence-electron chi connectivity index (χ0n) is 12.0. The maximum absolute atomic E-state index is 13.4. The van der Waals surface area contributed by atoms with Gasteiger partial charge in [-0.15, -0.1) is 0 Å². The van der Waals surface area contributed by atoms with Crippen LogP contribution in [0.1, 0.15) is 15.9 Å². The van der Waals surface area contributed by atoms with Crippen LogP contribution in [0.15, 0.2) is 40.9 Å². The summed E-state index contributed by atoms with van der Waals surface area (Å²) in [5, 5.41) is 2.55. The van der Waals surface area contributed by atoms with E-state index >= 15 is 0 Å². The molecule has 7 heteroatoms. The van der Waals surface area contributed by atoms with Gasteiger partial charge >= 0.3 is 5.97 Å². The Bertz CT molecular complexity index is 745. The van der Waals surface area contributed by atoms with Gasteiger partial charge in [0, 0.05) is 10.2 Å². The second kappa shape index (κ2) is 7.32. The fraction of sp³-hybridized carbons (Fsp3) is 0.125. The maximum Gasteiger partial charge on any atom is 0.344 e. The zero-order valence-corrected chi connectivity index (χ0v) is 13.6. The van der Waals surface area contributed by atoms with Gasteiger partial charge in [0.1, 0.15) is 17.2 Å². The quantitative estimate of drug-likeness (QED) is 0.816. The van der Waals surface area contributed by atoms with E-state index in [0.29, 0.717) is 5.69 Å². The molecule has 0 saturated heterocycles. The van der Waals surface area contributed by atoms with Crippen molar-refractivity contribution in [1.29, 1.82) is 0 Å². The Hall–Kier alpha value is -2.28. The topological polar surface area (TPSA) is 55.4 Å². The largest absolute Gasteiger partial charge is 0.452 e. The van der Waals surface area contributed by atoms with Gasteiger partial charge in [-0.2, -0.15) is 0 Å². The van der Waals surface area contributed by atoms with E-state index in [9.17, 15) is 18.4 Å². The molecule has 0 atom stereocenters. The number of nitrogens with one attached hydrogen (secondary N) is 1. The fourth-order valence-corrected chi connectivity index (χ4v) is 2.33. The highest BCUT2D eigenvalue weighted by Gasteiger charge is 2.19. The molecule has 0 aliphatic carbocycles. The second-order valence-electron chi connectivity index (χ2n) is 4.68. The van der Waals surface area contributed by atoms with Crippen LogP contribution in [0.3, 0.4) is 0 Å². The lowest BCUT2D eigenvalue weighted by Crippen LogP contribution is -2.22. The summed E-state index contributed by atoms with van der Waals surface area (Å²) in [6.07, 6.45) is 0. The summed E-state index contributed by atoms with van der Waals surface area (Å²) in [4.78, 5) is 23.4. The minimum absolute atomic E-state index is 0.548. The molecule has 2 aromatic carbocycles. The van der Waals surface area contributed by atoms with Crippen LogP contribution in [0, 0.1) is 18.6 Å². The van der Waals surface area contributed by atoms with Crippen molar-refractivity contribution in [2.45, 2.75) is 6.92 Å². The molecule has 0 spiro atoms. The van der Waals surface area contributed by atoms with E-state index in [-0.39, 0.29) is 0 Å². The number of halogens is 3. The summed E-state index contributed by atoms with van der Waals surface area (Å²) in [6, 6.07) is 8.22. The number of ether oxygens (including phenoxy) is 1. The molecule has 2 aromatic rings. The monoisotopic (exact) mass is 383 g/mol. The standard InChI is InChI=1S/C16H12BrF2NO3/c1-9-7-10(17)5-6-13(9)20-14(21)8-23-16(22)15-11(18)3-2-4-12(15)19/h2-7H,8H2,1H3,(H,20,21). The zero-order chi connectivity index (χ0) is 17.0. The van der Waals surface area contributed by atoms with Crippen molar-refractivity contribution < 1.29 is 23.1 Å². The van der Waals surface area contributed by atoms with Crippen LogP contribution in [0.4, 0.5) is 14.5 Å². The van der Waals surface area contributed by atoms with E-state index in [2.05, 4.69) is 26.0 Å². The molecule has 0 heterocycles. The van der Waals surface area contributed by atoms with E-state index in [0.717, 1.165) is 28.2 Å². The third kappa shape index (κ3) is 4.35. The Morgan fingerprint density at radius 1 is 1.17 bits per heavy atom. The van der Waals surface area contributed by atoms with Crippen molar-refractivity contribution in [3.63, 3.8) is 0 Å². The summed E-state index contributed by atoms with van der Waals surface area (Å²) in [5.74, 6) is -3.93. The lowest BCUT2D eigenvalue weighted by molar-refractivity contribution is -0.119. The number of hydrogen-bond donors (Lipinski definition) is 1. The molecule has 0 radical (unpaired) electrons. The number of amides is 1. The van der Waals surface area contributed by atoms with Crippen LogP contribution in [0.5, 0.6) is 0 Å². The highest BCUT2D eigenvalue weighted by molar-refractivity contribution is 9.10. The first kappa shape index (κ1) is 17.1. The number of hydrogen-bond acceptors (Lipinski definition) is 3. The van der Waals surface area contributed by atoms with Crippen molar-refractivity contribution in [2.75, 3.05) is 11.9 Å². The lowest BCUT2D eigenvalue weighted by Gasteiger charge is -2.10. The molecule has 0 saturated carbocycles. The highest BCUT2D eigenvalue weighted by Crippen LogP contribution is 2.20. The second-order valence-corrected chi connectivity index (χ2v) is 5.60. The third-order valence-corrected chi connectivity index (χ3v) is 3.46. The fourth-order valence-electron chi connectivity index (χ4n) is 1.85. The van der Waals surface area contributed by atoms with Crippen LogP contribution in [-0.2, 0) is 9.53 Å². The van der Waals surface area contributed by atoms with Crippen molar-refractivity contribution in [3.05, 3.63) is 63.6 Å². The summed E-state index contributed by atoms with van der Waals surface area (Å²) in [5.41, 5.74) is 0.533. The number of carbonyl (C=O) groups excluding carboxylic acids is 2. The minimum Gasteiger partial charge on any atom is -0.452 e. The van der Waals surface area contributed by atoms with E-state index < -0.39 is 35.7 Å². The van der Waals surface area contributed by atoms with Crippen molar-refractivity contribution in [1.82, 2.24) is 0 Å². The molecule has 0 fully saturated rings. The molecule has 0 aliphatic rings. The average molecular weight is 384 g/mol. The molecule has 120 valence electrons. The Labute approximate surface area is 139 Å². The Kier molecular flexibility index (Phi) is 5.44. The number of esters is 1. The molecule has 2 rings (SSSR count). The predicted octanol–water partition coefficient (Wildman–Crippen LogP) is 3.83. The number of anilines is 1. The van der Waals surface area contributed by atoms with E-state index in [1.165, 1.54) is 0 Å². The Balaban J connectivity index is 1.98. The molecular formula is C16H12BrF2NO3. The van der Waals surface area contributed by atoms with Crippen molar-refractivity contribution in [2.24, 2.45) is 0 Å².